The minimum absolute atomic E-state index is 0.245. The van der Waals surface area contributed by atoms with Gasteiger partial charge in [-0.1, -0.05) is 23.7 Å². The average molecular weight is 387 g/mol. The van der Waals surface area contributed by atoms with E-state index in [9.17, 15) is 4.79 Å². The molecular formula is C19H19ClN4O3. The highest BCUT2D eigenvalue weighted by Gasteiger charge is 2.28. The lowest BCUT2D eigenvalue weighted by atomic mass is 10.0. The molecule has 0 aliphatic carbocycles. The van der Waals surface area contributed by atoms with Crippen molar-refractivity contribution in [3.8, 4) is 17.0 Å². The summed E-state index contributed by atoms with van der Waals surface area (Å²) in [6, 6.07) is 5.55. The molecule has 1 aliphatic rings. The topological polar surface area (TPSA) is 77.8 Å². The summed E-state index contributed by atoms with van der Waals surface area (Å²) in [5.74, 6) is 1.29. The highest BCUT2D eigenvalue weighted by atomic mass is 35.5. The molecule has 0 fully saturated rings. The Bertz CT molecular complexity index is 1030. The first-order valence-electron chi connectivity index (χ1n) is 8.55. The minimum Gasteiger partial charge on any atom is -0.491 e. The van der Waals surface area contributed by atoms with E-state index in [2.05, 4.69) is 15.3 Å². The van der Waals surface area contributed by atoms with Crippen LogP contribution in [0, 0.1) is 0 Å². The van der Waals surface area contributed by atoms with Gasteiger partial charge in [-0.05, 0) is 26.8 Å². The molecule has 1 atom stereocenters. The van der Waals surface area contributed by atoms with Crippen LogP contribution < -0.4 is 10.1 Å². The average Bonchev–Trinajstić information content (AvgIpc) is 3.16. The fourth-order valence-electron chi connectivity index (χ4n) is 2.94. The predicted molar refractivity (Wildman–Crippen MR) is 101 cm³/mol. The first kappa shape index (κ1) is 17.6. The Balaban J connectivity index is 1.56. The molecule has 4 rings (SSSR count). The molecule has 0 radical (unpaired) electrons. The summed E-state index contributed by atoms with van der Waals surface area (Å²) in [5.41, 5.74) is 2.03. The molecule has 8 heteroatoms. The van der Waals surface area contributed by atoms with Gasteiger partial charge < -0.3 is 14.8 Å². The molecule has 0 saturated carbocycles. The maximum Gasteiger partial charge on any atom is 0.408 e. The zero-order valence-corrected chi connectivity index (χ0v) is 15.9. The van der Waals surface area contributed by atoms with Crippen LogP contribution in [0.1, 0.15) is 32.4 Å². The number of halogens is 1. The van der Waals surface area contributed by atoms with Crippen molar-refractivity contribution in [1.82, 2.24) is 19.7 Å². The van der Waals surface area contributed by atoms with Gasteiger partial charge in [-0.2, -0.15) is 0 Å². The van der Waals surface area contributed by atoms with Gasteiger partial charge in [0.2, 0.25) is 5.78 Å². The van der Waals surface area contributed by atoms with E-state index in [0.717, 1.165) is 22.6 Å². The normalized spacial score (nSPS) is 16.1. The molecule has 3 heterocycles. The van der Waals surface area contributed by atoms with E-state index in [-0.39, 0.29) is 6.04 Å². The van der Waals surface area contributed by atoms with E-state index < -0.39 is 11.7 Å². The monoisotopic (exact) mass is 386 g/mol. The summed E-state index contributed by atoms with van der Waals surface area (Å²) in [6.45, 7) is 5.85. The number of carbonyl (C=O) groups is 1. The van der Waals surface area contributed by atoms with Crippen molar-refractivity contribution in [2.75, 3.05) is 6.61 Å². The van der Waals surface area contributed by atoms with Gasteiger partial charge >= 0.3 is 6.09 Å². The van der Waals surface area contributed by atoms with E-state index in [4.69, 9.17) is 21.1 Å². The van der Waals surface area contributed by atoms with Gasteiger partial charge in [0.25, 0.3) is 0 Å². The number of benzene rings is 1. The van der Waals surface area contributed by atoms with Crippen LogP contribution in [0.5, 0.6) is 5.75 Å². The maximum atomic E-state index is 12.0. The smallest absolute Gasteiger partial charge is 0.408 e. The second kappa shape index (κ2) is 6.42. The van der Waals surface area contributed by atoms with Gasteiger partial charge in [0, 0.05) is 23.5 Å². The van der Waals surface area contributed by atoms with Crippen molar-refractivity contribution in [2.24, 2.45) is 0 Å². The predicted octanol–water partition coefficient (Wildman–Crippen LogP) is 4.01. The molecule has 1 aromatic carbocycles. The van der Waals surface area contributed by atoms with Gasteiger partial charge in [-0.25, -0.2) is 14.8 Å². The Morgan fingerprint density at radius 3 is 2.96 bits per heavy atom. The molecule has 0 saturated heterocycles. The molecule has 1 amide bonds. The van der Waals surface area contributed by atoms with Gasteiger partial charge in [0.15, 0.2) is 0 Å². The molecule has 1 N–H and O–H groups in total. The SMILES string of the molecule is CC(C)(C)OC(=O)N[C@H]1COc2cc(-c3cn4cc(Cl)cnc4n3)ccc21. The molecule has 1 aliphatic heterocycles. The van der Waals surface area contributed by atoms with Crippen LogP contribution >= 0.6 is 11.6 Å². The zero-order chi connectivity index (χ0) is 19.2. The molecule has 3 aromatic rings. The van der Waals surface area contributed by atoms with Crippen LogP contribution in [0.4, 0.5) is 4.79 Å². The largest absolute Gasteiger partial charge is 0.491 e. The van der Waals surface area contributed by atoms with E-state index in [1.165, 1.54) is 0 Å². The van der Waals surface area contributed by atoms with Crippen LogP contribution in [0.15, 0.2) is 36.8 Å². The fraction of sp³-hybridized carbons (Fsp3) is 0.316. The third kappa shape index (κ3) is 3.68. The van der Waals surface area contributed by atoms with Crippen LogP contribution in [-0.4, -0.2) is 32.7 Å². The highest BCUT2D eigenvalue weighted by molar-refractivity contribution is 6.30. The number of nitrogens with one attached hydrogen (secondary N) is 1. The number of aromatic nitrogens is 3. The number of amides is 1. The van der Waals surface area contributed by atoms with E-state index in [0.29, 0.717) is 17.4 Å². The maximum absolute atomic E-state index is 12.0. The first-order chi connectivity index (χ1) is 12.8. The second-order valence-electron chi connectivity index (χ2n) is 7.37. The zero-order valence-electron chi connectivity index (χ0n) is 15.2. The van der Waals surface area contributed by atoms with Crippen LogP contribution in [0.25, 0.3) is 17.0 Å². The molecular weight excluding hydrogens is 368 g/mol. The molecule has 0 spiro atoms. The molecule has 2 aromatic heterocycles. The molecule has 7 nitrogen and oxygen atoms in total. The van der Waals surface area contributed by atoms with Crippen molar-refractivity contribution in [3.05, 3.63) is 47.4 Å². The second-order valence-corrected chi connectivity index (χ2v) is 7.80. The van der Waals surface area contributed by atoms with Gasteiger partial charge in [0.05, 0.1) is 23.0 Å². The van der Waals surface area contributed by atoms with Crippen molar-refractivity contribution in [2.45, 2.75) is 32.4 Å². The summed E-state index contributed by atoms with van der Waals surface area (Å²) in [6.07, 6.45) is 4.72. The van der Waals surface area contributed by atoms with E-state index in [1.54, 1.807) is 16.8 Å². The Morgan fingerprint density at radius 1 is 1.37 bits per heavy atom. The number of ether oxygens (including phenoxy) is 2. The van der Waals surface area contributed by atoms with Crippen molar-refractivity contribution >= 4 is 23.5 Å². The summed E-state index contributed by atoms with van der Waals surface area (Å²) < 4.78 is 12.8. The molecule has 0 unspecified atom stereocenters. The number of fused-ring (bicyclic) bond motifs is 2. The summed E-state index contributed by atoms with van der Waals surface area (Å²) in [7, 11) is 0. The molecule has 140 valence electrons. The number of alkyl carbamates (subject to hydrolysis) is 1. The Kier molecular flexibility index (Phi) is 4.19. The quantitative estimate of drug-likeness (QED) is 0.720. The van der Waals surface area contributed by atoms with Crippen LogP contribution in [0.2, 0.25) is 5.02 Å². The lowest BCUT2D eigenvalue weighted by molar-refractivity contribution is 0.0497. The number of nitrogens with zero attached hydrogens (tertiary/aromatic N) is 3. The van der Waals surface area contributed by atoms with Crippen LogP contribution in [-0.2, 0) is 4.74 Å². The van der Waals surface area contributed by atoms with Crippen molar-refractivity contribution in [3.63, 3.8) is 0 Å². The van der Waals surface area contributed by atoms with E-state index in [1.807, 2.05) is 45.2 Å². The van der Waals surface area contributed by atoms with Crippen molar-refractivity contribution < 1.29 is 14.3 Å². The van der Waals surface area contributed by atoms with Gasteiger partial charge in [-0.3, -0.25) is 4.40 Å². The number of hydrogen-bond donors (Lipinski definition) is 1. The molecule has 27 heavy (non-hydrogen) atoms. The molecule has 0 bridgehead atoms. The summed E-state index contributed by atoms with van der Waals surface area (Å²) in [4.78, 5) is 20.7. The summed E-state index contributed by atoms with van der Waals surface area (Å²) in [5, 5.41) is 3.39. The fourth-order valence-corrected chi connectivity index (χ4v) is 3.09. The van der Waals surface area contributed by atoms with Gasteiger partial charge in [-0.15, -0.1) is 0 Å². The van der Waals surface area contributed by atoms with E-state index >= 15 is 0 Å². The lowest BCUT2D eigenvalue weighted by Crippen LogP contribution is -2.35. The van der Waals surface area contributed by atoms with Crippen LogP contribution in [0.3, 0.4) is 0 Å². The third-order valence-electron chi connectivity index (χ3n) is 4.06. The minimum atomic E-state index is -0.545. The highest BCUT2D eigenvalue weighted by Crippen LogP contribution is 2.36. The third-order valence-corrected chi connectivity index (χ3v) is 4.25. The number of rotatable bonds is 2. The standard InChI is InChI=1S/C19H19ClN4O3/c1-19(2,3)27-18(25)23-15-10-26-16-6-11(4-5-13(15)16)14-9-24-8-12(20)7-21-17(24)22-14/h4-9,15H,10H2,1-3H3,(H,23,25)/t15-/m0/s1. The lowest BCUT2D eigenvalue weighted by Gasteiger charge is -2.21. The summed E-state index contributed by atoms with van der Waals surface area (Å²) >= 11 is 5.97. The van der Waals surface area contributed by atoms with Gasteiger partial charge in [0.1, 0.15) is 18.0 Å². The Morgan fingerprint density at radius 2 is 2.19 bits per heavy atom. The number of hydrogen-bond acceptors (Lipinski definition) is 5. The first-order valence-corrected chi connectivity index (χ1v) is 8.93. The Hall–Kier alpha value is -2.80. The van der Waals surface area contributed by atoms with Crippen molar-refractivity contribution in [1.29, 1.82) is 0 Å². The Labute approximate surface area is 161 Å². The number of carbonyl (C=O) groups excluding carboxylic acids is 1. The number of imidazole rings is 1.